The van der Waals surface area contributed by atoms with Crippen LogP contribution in [0.15, 0.2) is 55.6 Å². The highest BCUT2D eigenvalue weighted by atomic mass is 16.5. The lowest BCUT2D eigenvalue weighted by atomic mass is 9.98. The van der Waals surface area contributed by atoms with Gasteiger partial charge >= 0.3 is 0 Å². The molecule has 0 spiro atoms. The summed E-state index contributed by atoms with van der Waals surface area (Å²) in [7, 11) is 5.49. The fourth-order valence-electron chi connectivity index (χ4n) is 4.74. The summed E-state index contributed by atoms with van der Waals surface area (Å²) in [5.74, 6) is 0.943. The number of carbonyl (C=O) groups is 1. The number of likely N-dealkylation sites (N-methyl/N-ethyl adjacent to an activating group) is 1. The van der Waals surface area contributed by atoms with E-state index in [-0.39, 0.29) is 5.91 Å². The lowest BCUT2D eigenvalue weighted by molar-refractivity contribution is 0.0980. The third kappa shape index (κ3) is 9.17. The maximum absolute atomic E-state index is 13.1. The van der Waals surface area contributed by atoms with E-state index in [1.165, 1.54) is 18.5 Å². The minimum atomic E-state index is 0.0819. The zero-order chi connectivity index (χ0) is 28.5. The zero-order valence-electron chi connectivity index (χ0n) is 25.0. The van der Waals surface area contributed by atoms with Gasteiger partial charge in [-0.05, 0) is 87.3 Å². The van der Waals surface area contributed by atoms with Crippen molar-refractivity contribution in [1.29, 1.82) is 0 Å². The number of amides is 1. The van der Waals surface area contributed by atoms with Crippen molar-refractivity contribution in [3.63, 3.8) is 0 Å². The molecule has 6 nitrogen and oxygen atoms in total. The molecule has 1 fully saturated rings. The highest BCUT2D eigenvalue weighted by Crippen LogP contribution is 2.30. The van der Waals surface area contributed by atoms with Crippen molar-refractivity contribution in [2.75, 3.05) is 63.9 Å². The van der Waals surface area contributed by atoms with Crippen LogP contribution in [-0.2, 0) is 11.2 Å². The Morgan fingerprint density at radius 2 is 1.61 bits per heavy atom. The van der Waals surface area contributed by atoms with E-state index in [2.05, 4.69) is 72.9 Å². The summed E-state index contributed by atoms with van der Waals surface area (Å²) < 4.78 is 9.98. The van der Waals surface area contributed by atoms with Gasteiger partial charge in [-0.3, -0.25) is 4.79 Å². The third-order valence-electron chi connectivity index (χ3n) is 6.52. The second-order valence-electron chi connectivity index (χ2n) is 9.17. The van der Waals surface area contributed by atoms with Crippen molar-refractivity contribution in [3.8, 4) is 5.75 Å². The molecule has 0 saturated carbocycles. The van der Waals surface area contributed by atoms with Gasteiger partial charge in [0.15, 0.2) is 0 Å². The Morgan fingerprint density at radius 3 is 2.21 bits per heavy atom. The van der Waals surface area contributed by atoms with Crippen LogP contribution in [-0.4, -0.2) is 70.9 Å². The molecular weight excluding hydrogens is 474 g/mol. The Hall–Kier alpha value is -2.83. The van der Waals surface area contributed by atoms with E-state index in [1.807, 2.05) is 36.9 Å². The average molecular weight is 526 g/mol. The highest BCUT2D eigenvalue weighted by Gasteiger charge is 2.27. The minimum Gasteiger partial charge on any atom is -0.494 e. The van der Waals surface area contributed by atoms with Gasteiger partial charge in [-0.25, -0.2) is 0 Å². The standard InChI is InChI=1S/C26H35N3O2.C2H6O.C2H6.C2H4/c1-4-14-27(3)23-13-15-28(19-23)21-6-8-22(9-7-21)29-16-12-20-18-24(31-17-5-2)10-11-25(20)26(29)30;1-3-2;2*1-2/h6-11,18,23H,4-5,12-17,19H2,1-3H3;1-2H3;1-2H3;1-2H2. The molecule has 0 aromatic heterocycles. The number of carbonyl (C=O) groups excluding carboxylic acids is 1. The molecule has 1 amide bonds. The molecule has 2 aromatic carbocycles. The second-order valence-corrected chi connectivity index (χ2v) is 9.17. The van der Waals surface area contributed by atoms with Crippen LogP contribution in [0.5, 0.6) is 5.75 Å². The molecule has 0 bridgehead atoms. The molecule has 2 aliphatic heterocycles. The third-order valence-corrected chi connectivity index (χ3v) is 6.52. The molecule has 0 N–H and O–H groups in total. The molecule has 0 radical (unpaired) electrons. The van der Waals surface area contributed by atoms with Crippen LogP contribution < -0.4 is 14.5 Å². The maximum atomic E-state index is 13.1. The lowest BCUT2D eigenvalue weighted by Crippen LogP contribution is -2.37. The van der Waals surface area contributed by atoms with Crippen LogP contribution in [0, 0.1) is 0 Å². The quantitative estimate of drug-likeness (QED) is 0.359. The predicted molar refractivity (Wildman–Crippen MR) is 163 cm³/mol. The Labute approximate surface area is 232 Å². The van der Waals surface area contributed by atoms with E-state index < -0.39 is 0 Å². The SMILES string of the molecule is C=C.CC.CCCOc1ccc2c(c1)CCN(c1ccc(N3CCC(N(C)CCC)C3)cc1)C2=O.COC. The average Bonchev–Trinajstić information content (AvgIpc) is 3.46. The van der Waals surface area contributed by atoms with Crippen molar-refractivity contribution in [2.45, 2.75) is 59.4 Å². The summed E-state index contributed by atoms with van der Waals surface area (Å²) in [4.78, 5) is 20.0. The smallest absolute Gasteiger partial charge is 0.258 e. The van der Waals surface area contributed by atoms with Crippen molar-refractivity contribution in [1.82, 2.24) is 4.90 Å². The molecule has 1 unspecified atom stereocenters. The van der Waals surface area contributed by atoms with Crippen LogP contribution in [0.4, 0.5) is 11.4 Å². The fourth-order valence-corrected chi connectivity index (χ4v) is 4.74. The van der Waals surface area contributed by atoms with Gasteiger partial charge in [0.2, 0.25) is 0 Å². The molecule has 1 atom stereocenters. The van der Waals surface area contributed by atoms with Gasteiger partial charge in [0.05, 0.1) is 6.61 Å². The van der Waals surface area contributed by atoms with Crippen LogP contribution >= 0.6 is 0 Å². The Balaban J connectivity index is 0.000000944. The van der Waals surface area contributed by atoms with Gasteiger partial charge in [-0.2, -0.15) is 0 Å². The van der Waals surface area contributed by atoms with E-state index in [9.17, 15) is 4.79 Å². The molecule has 2 aliphatic rings. The first kappa shape index (κ1) is 33.2. The zero-order valence-corrected chi connectivity index (χ0v) is 25.0. The van der Waals surface area contributed by atoms with E-state index in [4.69, 9.17) is 4.74 Å². The van der Waals surface area contributed by atoms with Crippen LogP contribution in [0.25, 0.3) is 0 Å². The molecule has 38 heavy (non-hydrogen) atoms. The number of nitrogens with zero attached hydrogens (tertiary/aromatic N) is 3. The molecule has 2 heterocycles. The molecule has 212 valence electrons. The molecule has 1 saturated heterocycles. The second kappa shape index (κ2) is 18.4. The number of anilines is 2. The van der Waals surface area contributed by atoms with Crippen LogP contribution in [0.2, 0.25) is 0 Å². The monoisotopic (exact) mass is 525 g/mol. The first-order valence-corrected chi connectivity index (χ1v) is 14.0. The molecule has 0 aliphatic carbocycles. The number of hydrogen-bond donors (Lipinski definition) is 0. The number of rotatable bonds is 8. The number of fused-ring (bicyclic) bond motifs is 1. The largest absolute Gasteiger partial charge is 0.494 e. The highest BCUT2D eigenvalue weighted by molar-refractivity contribution is 6.08. The number of methoxy groups -OCH3 is 1. The lowest BCUT2D eigenvalue weighted by Gasteiger charge is -2.29. The van der Waals surface area contributed by atoms with Gasteiger partial charge in [-0.1, -0.05) is 27.7 Å². The summed E-state index contributed by atoms with van der Waals surface area (Å²) in [6.45, 7) is 19.1. The van der Waals surface area contributed by atoms with Gasteiger partial charge in [0.1, 0.15) is 5.75 Å². The van der Waals surface area contributed by atoms with Crippen molar-refractivity contribution in [2.24, 2.45) is 0 Å². The van der Waals surface area contributed by atoms with E-state index in [0.29, 0.717) is 19.2 Å². The maximum Gasteiger partial charge on any atom is 0.258 e. The Bertz CT molecular complexity index is 932. The predicted octanol–water partition coefficient (Wildman–Crippen LogP) is 6.69. The Kier molecular flexibility index (Phi) is 16.1. The first-order chi connectivity index (χ1) is 18.5. The summed E-state index contributed by atoms with van der Waals surface area (Å²) in [6, 6.07) is 15.0. The molecule has 4 rings (SSSR count). The van der Waals surface area contributed by atoms with Crippen LogP contribution in [0.1, 0.15) is 62.9 Å². The van der Waals surface area contributed by atoms with Crippen LogP contribution in [0.3, 0.4) is 0 Å². The van der Waals surface area contributed by atoms with Gasteiger partial charge in [0, 0.05) is 56.8 Å². The number of hydrogen-bond acceptors (Lipinski definition) is 5. The first-order valence-electron chi connectivity index (χ1n) is 14.0. The molecule has 6 heteroatoms. The fraction of sp³-hybridized carbons (Fsp3) is 0.531. The Morgan fingerprint density at radius 1 is 0.974 bits per heavy atom. The summed E-state index contributed by atoms with van der Waals surface area (Å²) in [6.07, 6.45) is 4.24. The van der Waals surface area contributed by atoms with E-state index in [1.54, 1.807) is 14.2 Å². The van der Waals surface area contributed by atoms with Crippen molar-refractivity contribution < 1.29 is 14.3 Å². The van der Waals surface area contributed by atoms with Crippen molar-refractivity contribution >= 4 is 17.3 Å². The number of ether oxygens (including phenoxy) is 2. The summed E-state index contributed by atoms with van der Waals surface area (Å²) in [5.41, 5.74) is 4.11. The number of benzene rings is 2. The van der Waals surface area contributed by atoms with Gasteiger partial charge in [0.25, 0.3) is 5.91 Å². The van der Waals surface area contributed by atoms with Crippen molar-refractivity contribution in [3.05, 3.63) is 66.7 Å². The molecule has 2 aromatic rings. The topological polar surface area (TPSA) is 45.2 Å². The summed E-state index contributed by atoms with van der Waals surface area (Å²) >= 11 is 0. The van der Waals surface area contributed by atoms with Gasteiger partial charge < -0.3 is 24.2 Å². The van der Waals surface area contributed by atoms with E-state index in [0.717, 1.165) is 55.0 Å². The van der Waals surface area contributed by atoms with E-state index >= 15 is 0 Å². The summed E-state index contributed by atoms with van der Waals surface area (Å²) in [5, 5.41) is 0. The minimum absolute atomic E-state index is 0.0819. The normalized spacial score (nSPS) is 15.9. The molecular formula is C32H51N3O3. The van der Waals surface area contributed by atoms with Gasteiger partial charge in [-0.15, -0.1) is 13.2 Å².